The summed E-state index contributed by atoms with van der Waals surface area (Å²) in [5.41, 5.74) is 7.07. The number of hydrogen-bond acceptors (Lipinski definition) is 3. The molecule has 0 spiro atoms. The molecule has 1 aliphatic heterocycles. The third-order valence-corrected chi connectivity index (χ3v) is 6.63. The topological polar surface area (TPSA) is 33.6 Å². The van der Waals surface area contributed by atoms with Crippen LogP contribution in [-0.2, 0) is 0 Å². The molecular formula is C28H27ClN2O. The van der Waals surface area contributed by atoms with Gasteiger partial charge in [-0.1, -0.05) is 53.6 Å². The third-order valence-electron chi connectivity index (χ3n) is 6.39. The van der Waals surface area contributed by atoms with Crippen LogP contribution in [0.1, 0.15) is 47.6 Å². The Hall–Kier alpha value is -3.04. The van der Waals surface area contributed by atoms with Gasteiger partial charge in [0.2, 0.25) is 0 Å². The second-order valence-corrected chi connectivity index (χ2v) is 8.97. The summed E-state index contributed by atoms with van der Waals surface area (Å²) in [7, 11) is 0. The molecule has 3 nitrogen and oxygen atoms in total. The normalized spacial score (nSPS) is 21.3. The number of benzene rings is 3. The van der Waals surface area contributed by atoms with E-state index in [1.165, 1.54) is 22.4 Å². The molecule has 162 valence electrons. The maximum Gasteiger partial charge on any atom is 0.128 e. The highest BCUT2D eigenvalue weighted by Gasteiger charge is 2.37. The van der Waals surface area contributed by atoms with Crippen LogP contribution in [0.25, 0.3) is 0 Å². The number of hydrogen-bond donors (Lipinski definition) is 1. The molecule has 0 unspecified atom stereocenters. The Kier molecular flexibility index (Phi) is 5.75. The molecule has 2 aliphatic rings. The van der Waals surface area contributed by atoms with Gasteiger partial charge in [-0.05, 0) is 73.7 Å². The number of fused-ring (bicyclic) bond motifs is 3. The molecule has 3 aromatic carbocycles. The number of halogens is 1. The predicted octanol–water partition coefficient (Wildman–Crippen LogP) is 7.62. The molecule has 5 rings (SSSR count). The second-order valence-electron chi connectivity index (χ2n) is 8.53. The van der Waals surface area contributed by atoms with Gasteiger partial charge in [0.15, 0.2) is 0 Å². The lowest BCUT2D eigenvalue weighted by Crippen LogP contribution is -2.29. The molecule has 0 saturated heterocycles. The molecular weight excluding hydrogens is 416 g/mol. The number of aryl methyl sites for hydroxylation is 1. The summed E-state index contributed by atoms with van der Waals surface area (Å²) in [5.74, 6) is 1.81. The van der Waals surface area contributed by atoms with Crippen molar-refractivity contribution in [3.05, 3.63) is 100 Å². The fourth-order valence-corrected chi connectivity index (χ4v) is 5.04. The maximum atomic E-state index is 6.17. The summed E-state index contributed by atoms with van der Waals surface area (Å²) in [6.45, 7) is 4.74. The van der Waals surface area contributed by atoms with Gasteiger partial charge >= 0.3 is 0 Å². The molecule has 3 atom stereocenters. The standard InChI is InChI=1S/C28H27ClN2O/c1-3-32-27-14-10-21(29)16-20(27)17-30-22-11-8-19(9-12-22)28-24-6-4-5-23(24)25-15-18(2)7-13-26(25)31-28/h4-5,7-17,23-24,28,31H,3,6H2,1-2H3/t23-,24+,28+/m1/s1. The molecule has 0 amide bonds. The smallest absolute Gasteiger partial charge is 0.128 e. The van der Waals surface area contributed by atoms with Gasteiger partial charge in [0.05, 0.1) is 18.3 Å². The Labute approximate surface area is 194 Å². The lowest BCUT2D eigenvalue weighted by molar-refractivity contribution is 0.340. The highest BCUT2D eigenvalue weighted by molar-refractivity contribution is 6.30. The first-order chi connectivity index (χ1) is 15.6. The van der Waals surface area contributed by atoms with Gasteiger partial charge in [-0.25, -0.2) is 0 Å². The van der Waals surface area contributed by atoms with E-state index in [0.717, 1.165) is 23.4 Å². The van der Waals surface area contributed by atoms with Gasteiger partial charge in [-0.3, -0.25) is 4.99 Å². The average molecular weight is 443 g/mol. The van der Waals surface area contributed by atoms with Crippen LogP contribution in [-0.4, -0.2) is 12.8 Å². The fraction of sp³-hybridized carbons (Fsp3) is 0.250. The minimum absolute atomic E-state index is 0.292. The highest BCUT2D eigenvalue weighted by atomic mass is 35.5. The van der Waals surface area contributed by atoms with Crippen molar-refractivity contribution < 1.29 is 4.74 Å². The summed E-state index contributed by atoms with van der Waals surface area (Å²) in [4.78, 5) is 4.66. The Morgan fingerprint density at radius 1 is 1.09 bits per heavy atom. The summed E-state index contributed by atoms with van der Waals surface area (Å²) in [6.07, 6.45) is 7.64. The lowest BCUT2D eigenvalue weighted by Gasteiger charge is -2.37. The zero-order valence-electron chi connectivity index (χ0n) is 18.4. The largest absolute Gasteiger partial charge is 0.493 e. The first kappa shape index (κ1) is 20.8. The van der Waals surface area contributed by atoms with Crippen LogP contribution in [0.5, 0.6) is 5.75 Å². The number of nitrogens with zero attached hydrogens (tertiary/aromatic N) is 1. The van der Waals surface area contributed by atoms with E-state index in [4.69, 9.17) is 16.3 Å². The van der Waals surface area contributed by atoms with Crippen LogP contribution < -0.4 is 10.1 Å². The van der Waals surface area contributed by atoms with Crippen molar-refractivity contribution in [3.8, 4) is 5.75 Å². The van der Waals surface area contributed by atoms with E-state index in [-0.39, 0.29) is 0 Å². The van der Waals surface area contributed by atoms with Gasteiger partial charge < -0.3 is 10.1 Å². The highest BCUT2D eigenvalue weighted by Crippen LogP contribution is 2.50. The van der Waals surface area contributed by atoms with E-state index in [0.29, 0.717) is 29.5 Å². The molecule has 3 aromatic rings. The Bertz CT molecular complexity index is 1180. The molecule has 0 radical (unpaired) electrons. The van der Waals surface area contributed by atoms with Crippen molar-refractivity contribution in [1.29, 1.82) is 0 Å². The van der Waals surface area contributed by atoms with Crippen LogP contribution in [0.3, 0.4) is 0 Å². The van der Waals surface area contributed by atoms with Crippen LogP contribution in [0.2, 0.25) is 5.02 Å². The first-order valence-electron chi connectivity index (χ1n) is 11.2. The summed E-state index contributed by atoms with van der Waals surface area (Å²) >= 11 is 6.17. The van der Waals surface area contributed by atoms with Crippen molar-refractivity contribution in [2.24, 2.45) is 10.9 Å². The van der Waals surface area contributed by atoms with E-state index in [2.05, 4.69) is 71.8 Å². The van der Waals surface area contributed by atoms with Crippen LogP contribution in [0.4, 0.5) is 11.4 Å². The molecule has 0 bridgehead atoms. The van der Waals surface area contributed by atoms with Crippen molar-refractivity contribution >= 4 is 29.2 Å². The van der Waals surface area contributed by atoms with E-state index in [9.17, 15) is 0 Å². The maximum absolute atomic E-state index is 6.17. The van der Waals surface area contributed by atoms with Gasteiger partial charge in [0.25, 0.3) is 0 Å². The number of allylic oxidation sites excluding steroid dienone is 2. The Balaban J connectivity index is 1.38. The van der Waals surface area contributed by atoms with Crippen molar-refractivity contribution in [3.63, 3.8) is 0 Å². The summed E-state index contributed by atoms with van der Waals surface area (Å²) < 4.78 is 5.69. The monoisotopic (exact) mass is 442 g/mol. The van der Waals surface area contributed by atoms with E-state index in [1.54, 1.807) is 0 Å². The van der Waals surface area contributed by atoms with Crippen LogP contribution >= 0.6 is 11.6 Å². The molecule has 0 aromatic heterocycles. The number of nitrogens with one attached hydrogen (secondary N) is 1. The quantitative estimate of drug-likeness (QED) is 0.325. The number of rotatable bonds is 5. The minimum Gasteiger partial charge on any atom is -0.493 e. The Morgan fingerprint density at radius 2 is 1.94 bits per heavy atom. The zero-order chi connectivity index (χ0) is 22.1. The van der Waals surface area contributed by atoms with Gasteiger partial charge in [0.1, 0.15) is 5.75 Å². The molecule has 0 saturated carbocycles. The van der Waals surface area contributed by atoms with Crippen LogP contribution in [0, 0.1) is 12.8 Å². The summed E-state index contributed by atoms with van der Waals surface area (Å²) in [5, 5.41) is 4.48. The third kappa shape index (κ3) is 4.05. The molecule has 32 heavy (non-hydrogen) atoms. The van der Waals surface area contributed by atoms with E-state index in [1.807, 2.05) is 31.3 Å². The van der Waals surface area contributed by atoms with Gasteiger partial charge in [-0.15, -0.1) is 0 Å². The fourth-order valence-electron chi connectivity index (χ4n) is 4.86. The van der Waals surface area contributed by atoms with Crippen molar-refractivity contribution in [2.45, 2.75) is 32.2 Å². The first-order valence-corrected chi connectivity index (χ1v) is 11.6. The average Bonchev–Trinajstić information content (AvgIpc) is 3.30. The van der Waals surface area contributed by atoms with E-state index < -0.39 is 0 Å². The number of anilines is 1. The van der Waals surface area contributed by atoms with Crippen molar-refractivity contribution in [2.75, 3.05) is 11.9 Å². The zero-order valence-corrected chi connectivity index (χ0v) is 19.1. The Morgan fingerprint density at radius 3 is 2.75 bits per heavy atom. The predicted molar refractivity (Wildman–Crippen MR) is 134 cm³/mol. The molecule has 0 fully saturated rings. The molecule has 1 heterocycles. The molecule has 1 N–H and O–H groups in total. The number of ether oxygens (including phenoxy) is 1. The molecule has 4 heteroatoms. The number of aliphatic imine (C=N–C) groups is 1. The van der Waals surface area contributed by atoms with Gasteiger partial charge in [0, 0.05) is 28.4 Å². The van der Waals surface area contributed by atoms with Crippen molar-refractivity contribution in [1.82, 2.24) is 0 Å². The van der Waals surface area contributed by atoms with Crippen LogP contribution in [0.15, 0.2) is 77.8 Å². The summed E-state index contributed by atoms with van der Waals surface area (Å²) in [6, 6.07) is 21.2. The SMILES string of the molecule is CCOc1ccc(Cl)cc1C=Nc1ccc([C@@H]2Nc3ccc(C)cc3[C@@H]3C=CC[C@@H]32)cc1. The minimum atomic E-state index is 0.292. The molecule has 1 aliphatic carbocycles. The van der Waals surface area contributed by atoms with E-state index >= 15 is 0 Å². The van der Waals surface area contributed by atoms with Gasteiger partial charge in [-0.2, -0.15) is 0 Å². The lowest BCUT2D eigenvalue weighted by atomic mass is 9.76. The second kappa shape index (κ2) is 8.84.